The molecule has 0 radical (unpaired) electrons. The van der Waals surface area contributed by atoms with Gasteiger partial charge in [0.2, 0.25) is 88.6 Å². The van der Waals surface area contributed by atoms with Gasteiger partial charge in [0.1, 0.15) is 84.6 Å². The normalized spacial score (nSPS) is 28.9. The zero-order chi connectivity index (χ0) is 72.9. The average Bonchev–Trinajstić information content (AvgIpc) is 1.61. The summed E-state index contributed by atoms with van der Waals surface area (Å²) in [7, 11) is 3.38. The molecule has 0 spiro atoms. The fraction of sp³-hybridized carbons (Fsp3) is 0.684. The number of hydrogen-bond acceptors (Lipinski definition) is 25. The highest BCUT2D eigenvalue weighted by atomic mass is 33.1. The minimum atomic E-state index is -1.85. The summed E-state index contributed by atoms with van der Waals surface area (Å²) >= 11 is 1.43. The van der Waals surface area contributed by atoms with E-state index in [0.29, 0.717) is 24.3 Å². The van der Waals surface area contributed by atoms with E-state index in [1.54, 1.807) is 34.0 Å². The molecule has 4 rings (SSSR count). The van der Waals surface area contributed by atoms with Gasteiger partial charge in [-0.05, 0) is 63.4 Å². The highest BCUT2D eigenvalue weighted by Gasteiger charge is 2.42. The molecule has 41 heteroatoms. The number of primary amides is 1. The molecule has 15 amide bonds. The van der Waals surface area contributed by atoms with E-state index in [0.717, 1.165) is 48.1 Å². The van der Waals surface area contributed by atoms with E-state index in [-0.39, 0.29) is 43.7 Å². The van der Waals surface area contributed by atoms with Crippen LogP contribution in [0.15, 0.2) is 12.5 Å². The molecule has 1 aromatic rings. The second-order valence-electron chi connectivity index (χ2n) is 23.6. The number of H-pyrrole nitrogens is 1. The van der Waals surface area contributed by atoms with Crippen molar-refractivity contribution in [3.05, 3.63) is 18.2 Å². The summed E-state index contributed by atoms with van der Waals surface area (Å²) in [4.78, 5) is 218. The van der Waals surface area contributed by atoms with Crippen molar-refractivity contribution in [3.8, 4) is 0 Å². The first kappa shape index (κ1) is 83.3. The number of aliphatic hydroxyl groups excluding tert-OH is 3. The van der Waals surface area contributed by atoms with Gasteiger partial charge >= 0.3 is 0 Å². The molecular formula is C57H92N18O18S5. The van der Waals surface area contributed by atoms with Crippen LogP contribution in [-0.2, 0) is 78.3 Å². The lowest BCUT2D eigenvalue weighted by Gasteiger charge is -2.31. The van der Waals surface area contributed by atoms with E-state index in [1.165, 1.54) is 38.1 Å². The van der Waals surface area contributed by atoms with Crippen LogP contribution < -0.4 is 80.6 Å². The summed E-state index contributed by atoms with van der Waals surface area (Å²) < 4.78 is 0. The SMILES string of the molecule is CC[C@H](C)[C@@H]1NC(=O)[C@@H]2CCCN2C(=O)[C@H](CO)NC(=O)[C@H](CCCSC)NC(=O)[C@H](C)NC(=O)[C@H](CO)NC(=O)[C@@H]2CSSC[C@H](NC(=O)CN)C(=O)N[C@@H](CSSC[C@@H](C(N)=O)NC1=O)C(=O)N[C@@H](CO)C(=O)N[C@@H](Cc1cnc[nH]1)C(=O)N[C@@H](C)C(=O)N[C@@H](C(C)C)C(=O)N2. The van der Waals surface area contributed by atoms with E-state index < -0.39 is 223 Å². The molecule has 3 aliphatic rings. The second-order valence-corrected chi connectivity index (χ2v) is 29.7. The smallest absolute Gasteiger partial charge is 0.248 e. The molecule has 4 heterocycles. The van der Waals surface area contributed by atoms with Crippen molar-refractivity contribution in [1.82, 2.24) is 84.0 Å². The topological polar surface area (TPSA) is 557 Å². The van der Waals surface area contributed by atoms with Crippen molar-refractivity contribution >= 4 is 144 Å². The van der Waals surface area contributed by atoms with Crippen LogP contribution in [0.3, 0.4) is 0 Å². The first-order valence-electron chi connectivity index (χ1n) is 31.5. The summed E-state index contributed by atoms with van der Waals surface area (Å²) in [5.41, 5.74) is 11.7. The third-order valence-corrected chi connectivity index (χ3v) is 21.3. The van der Waals surface area contributed by atoms with E-state index in [2.05, 4.69) is 79.1 Å². The number of hydrogen-bond donors (Lipinski definition) is 19. The third-order valence-electron chi connectivity index (χ3n) is 15.8. The quantitative estimate of drug-likeness (QED) is 0.0573. The maximum Gasteiger partial charge on any atom is 0.248 e. The number of imidazole rings is 1. The lowest BCUT2D eigenvalue weighted by atomic mass is 9.97. The van der Waals surface area contributed by atoms with Crippen LogP contribution in [0.5, 0.6) is 0 Å². The standard InChI is InChI=1S/C57H92N18O18S5/c1-8-27(4)43-56(92)70-36(44(59)80)21-95-97-23-38-52(88)68-34(19-77)50(86)66-32(15-30-17-60-25-61-30)48(84)62-29(6)46(82)73-42(26(2)3)55(91)72-39(24-98-96-22-37(51(87)71-38)64-41(79)16-58)53(89)67-33(18-76)49(85)63-28(5)45(81)65-31(11-10-14-94-7)47(83)69-35(20-78)57(93)75-13-9-12-40(75)54(90)74-43/h17,25-29,31-40,42-43,76-78H,8-16,18-24,58H2,1-7H3,(H2,59,80)(H,60,61)(H,62,84)(H,63,85)(H,64,79)(H,65,81)(H,66,86)(H,67,89)(H,68,88)(H,69,83)(H,70,92)(H,71,87)(H,72,91)(H,73,82)(H,74,90)/t27-,28-,29-,31-,32-,33-,34-,35-,36-,37-,38-,39-,40-,42-,43-/m0/s1. The molecule has 548 valence electrons. The molecule has 21 N–H and O–H groups in total. The van der Waals surface area contributed by atoms with Gasteiger partial charge in [-0.15, -0.1) is 0 Å². The Bertz CT molecular complexity index is 2960. The van der Waals surface area contributed by atoms with Gasteiger partial charge in [-0.3, -0.25) is 71.9 Å². The van der Waals surface area contributed by atoms with E-state index in [1.807, 2.05) is 0 Å². The molecule has 3 fully saturated rings. The van der Waals surface area contributed by atoms with Gasteiger partial charge in [-0.1, -0.05) is 77.3 Å². The third kappa shape index (κ3) is 25.9. The van der Waals surface area contributed by atoms with Crippen LogP contribution in [0.25, 0.3) is 0 Å². The monoisotopic (exact) mass is 1480 g/mol. The maximum absolute atomic E-state index is 14.4. The van der Waals surface area contributed by atoms with Gasteiger partial charge in [0.05, 0.1) is 32.7 Å². The highest BCUT2D eigenvalue weighted by Crippen LogP contribution is 2.26. The largest absolute Gasteiger partial charge is 0.394 e. The minimum absolute atomic E-state index is 0.0144. The molecule has 3 aliphatic heterocycles. The van der Waals surface area contributed by atoms with Gasteiger partial charge in [0, 0.05) is 47.9 Å². The summed E-state index contributed by atoms with van der Waals surface area (Å²) in [6.07, 6.45) is 5.10. The number of amides is 15. The van der Waals surface area contributed by atoms with E-state index in [4.69, 9.17) is 11.5 Å². The predicted octanol–water partition coefficient (Wildman–Crippen LogP) is -7.66. The van der Waals surface area contributed by atoms with Crippen LogP contribution in [-0.4, -0.2) is 271 Å². The molecule has 0 aromatic carbocycles. The summed E-state index contributed by atoms with van der Waals surface area (Å²) in [5, 5.41) is 64.0. The van der Waals surface area contributed by atoms with E-state index in [9.17, 15) is 87.2 Å². The number of carbonyl (C=O) groups excluding carboxylic acids is 15. The number of nitrogens with one attached hydrogen (secondary N) is 14. The zero-order valence-corrected chi connectivity index (χ0v) is 59.3. The lowest BCUT2D eigenvalue weighted by molar-refractivity contribution is -0.143. The first-order valence-corrected chi connectivity index (χ1v) is 37.9. The molecule has 36 nitrogen and oxygen atoms in total. The number of thioether (sulfide) groups is 1. The van der Waals surface area contributed by atoms with Crippen molar-refractivity contribution in [2.45, 2.75) is 165 Å². The number of fused-ring (bicyclic) bond motifs is 9. The summed E-state index contributed by atoms with van der Waals surface area (Å²) in [6.45, 7) is 5.13. The Morgan fingerprint density at radius 1 is 0.612 bits per heavy atom. The number of aliphatic hydroxyl groups is 3. The van der Waals surface area contributed by atoms with Gasteiger partial charge in [-0.25, -0.2) is 4.98 Å². The molecule has 3 saturated heterocycles. The molecule has 2 bridgehead atoms. The molecule has 1 aromatic heterocycles. The molecule has 0 saturated carbocycles. The van der Waals surface area contributed by atoms with Gasteiger partial charge in [0.15, 0.2) is 0 Å². The van der Waals surface area contributed by atoms with Crippen LogP contribution >= 0.6 is 54.9 Å². The first-order chi connectivity index (χ1) is 46.5. The maximum atomic E-state index is 14.4. The minimum Gasteiger partial charge on any atom is -0.394 e. The molecular weight excluding hydrogens is 1390 g/mol. The molecule has 98 heavy (non-hydrogen) atoms. The number of aromatic nitrogens is 2. The number of aromatic amines is 1. The highest BCUT2D eigenvalue weighted by molar-refractivity contribution is 8.77. The summed E-state index contributed by atoms with van der Waals surface area (Å²) in [6, 6.07) is -21.7. The number of nitrogens with zero attached hydrogens (tertiary/aromatic N) is 2. The Morgan fingerprint density at radius 2 is 1.11 bits per heavy atom. The van der Waals surface area contributed by atoms with Crippen LogP contribution in [0.1, 0.15) is 79.3 Å². The van der Waals surface area contributed by atoms with Crippen molar-refractivity contribution in [2.75, 3.05) is 67.9 Å². The Labute approximate surface area is 585 Å². The van der Waals surface area contributed by atoms with Gasteiger partial charge in [0.25, 0.3) is 0 Å². The van der Waals surface area contributed by atoms with Crippen molar-refractivity contribution in [1.29, 1.82) is 0 Å². The molecule has 15 atom stereocenters. The fourth-order valence-corrected chi connectivity index (χ4v) is 14.9. The lowest BCUT2D eigenvalue weighted by Crippen LogP contribution is -2.62. The van der Waals surface area contributed by atoms with Crippen LogP contribution in [0.4, 0.5) is 0 Å². The van der Waals surface area contributed by atoms with Gasteiger partial charge < -0.3 is 106 Å². The Morgan fingerprint density at radius 3 is 1.65 bits per heavy atom. The Balaban J connectivity index is 1.88. The molecule has 0 unspecified atom stereocenters. The van der Waals surface area contributed by atoms with Crippen LogP contribution in [0, 0.1) is 11.8 Å². The van der Waals surface area contributed by atoms with Crippen molar-refractivity contribution in [2.24, 2.45) is 23.3 Å². The van der Waals surface area contributed by atoms with Gasteiger partial charge in [-0.2, -0.15) is 11.8 Å². The number of carbonyl (C=O) groups is 15. The Kier molecular flexibility index (Phi) is 35.7. The number of nitrogens with two attached hydrogens (primary N) is 2. The summed E-state index contributed by atoms with van der Waals surface area (Å²) in [5.74, 6) is -17.1. The Hall–Kier alpha value is -7.15. The second kappa shape index (κ2) is 42.1. The van der Waals surface area contributed by atoms with Crippen molar-refractivity contribution < 1.29 is 87.2 Å². The van der Waals surface area contributed by atoms with E-state index >= 15 is 0 Å². The number of rotatable bonds is 15. The molecule has 0 aliphatic carbocycles. The van der Waals surface area contributed by atoms with Crippen molar-refractivity contribution in [3.63, 3.8) is 0 Å². The average molecular weight is 1480 g/mol. The fourth-order valence-electron chi connectivity index (χ4n) is 9.77. The van der Waals surface area contributed by atoms with Crippen LogP contribution in [0.2, 0.25) is 0 Å². The predicted molar refractivity (Wildman–Crippen MR) is 365 cm³/mol. The zero-order valence-electron chi connectivity index (χ0n) is 55.3.